The maximum absolute atomic E-state index is 11.1. The molecule has 0 amide bonds. The molecule has 21 heavy (non-hydrogen) atoms. The third-order valence-electron chi connectivity index (χ3n) is 4.09. The lowest BCUT2D eigenvalue weighted by molar-refractivity contribution is -0.134. The van der Waals surface area contributed by atoms with Crippen molar-refractivity contribution in [3.05, 3.63) is 35.7 Å². The van der Waals surface area contributed by atoms with Gasteiger partial charge in [0.15, 0.2) is 0 Å². The van der Waals surface area contributed by atoms with Crippen LogP contribution in [-0.4, -0.2) is 23.0 Å². The first-order valence-corrected chi connectivity index (χ1v) is 7.16. The van der Waals surface area contributed by atoms with Gasteiger partial charge in [0, 0.05) is 6.08 Å². The van der Waals surface area contributed by atoms with Crippen molar-refractivity contribution in [1.29, 1.82) is 0 Å². The molecule has 0 spiro atoms. The highest BCUT2D eigenvalue weighted by molar-refractivity contribution is 5.88. The predicted octanol–water partition coefficient (Wildman–Crippen LogP) is 2.48. The summed E-state index contributed by atoms with van der Waals surface area (Å²) in [7, 11) is 1.36. The van der Waals surface area contributed by atoms with Gasteiger partial charge in [0.2, 0.25) is 0 Å². The highest BCUT2D eigenvalue weighted by atomic mass is 16.5. The minimum Gasteiger partial charge on any atom is -0.466 e. The molecule has 2 aromatic rings. The van der Waals surface area contributed by atoms with E-state index in [9.17, 15) is 4.79 Å². The van der Waals surface area contributed by atoms with E-state index in [4.69, 9.17) is 5.73 Å². The van der Waals surface area contributed by atoms with Crippen LogP contribution >= 0.6 is 0 Å². The summed E-state index contributed by atoms with van der Waals surface area (Å²) in [6, 6.07) is 5.82. The second-order valence-corrected chi connectivity index (χ2v) is 5.58. The first kappa shape index (κ1) is 13.8. The number of esters is 1. The van der Waals surface area contributed by atoms with Gasteiger partial charge in [-0.05, 0) is 36.6 Å². The van der Waals surface area contributed by atoms with Crippen molar-refractivity contribution >= 4 is 23.1 Å². The van der Waals surface area contributed by atoms with E-state index in [0.717, 1.165) is 48.1 Å². The zero-order chi connectivity index (χ0) is 14.9. The minimum absolute atomic E-state index is 0.318. The van der Waals surface area contributed by atoms with E-state index in [1.807, 2.05) is 18.2 Å². The van der Waals surface area contributed by atoms with Crippen LogP contribution in [0.4, 0.5) is 0 Å². The van der Waals surface area contributed by atoms with E-state index < -0.39 is 0 Å². The molecule has 0 saturated heterocycles. The molecule has 0 atom stereocenters. The number of ether oxygens (including phenoxy) is 1. The fourth-order valence-corrected chi connectivity index (χ4v) is 2.84. The number of benzene rings is 1. The fraction of sp³-hybridized carbons (Fsp3) is 0.375. The van der Waals surface area contributed by atoms with Gasteiger partial charge in [-0.15, -0.1) is 0 Å². The van der Waals surface area contributed by atoms with E-state index in [-0.39, 0.29) is 11.5 Å². The molecule has 0 bridgehead atoms. The van der Waals surface area contributed by atoms with Crippen LogP contribution in [0.1, 0.15) is 37.1 Å². The zero-order valence-corrected chi connectivity index (χ0v) is 12.1. The Kier molecular flexibility index (Phi) is 3.51. The first-order chi connectivity index (χ1) is 10.1. The average molecular weight is 285 g/mol. The smallest absolute Gasteiger partial charge is 0.330 e. The van der Waals surface area contributed by atoms with Crippen molar-refractivity contribution < 1.29 is 9.53 Å². The van der Waals surface area contributed by atoms with E-state index in [0.29, 0.717) is 0 Å². The summed E-state index contributed by atoms with van der Waals surface area (Å²) < 4.78 is 4.58. The molecule has 110 valence electrons. The Bertz CT molecular complexity index is 697. The number of nitrogens with two attached hydrogens (primary N) is 1. The molecule has 1 aliphatic carbocycles. The number of rotatable bonds is 3. The van der Waals surface area contributed by atoms with E-state index in [1.165, 1.54) is 13.2 Å². The molecule has 3 N–H and O–H groups in total. The summed E-state index contributed by atoms with van der Waals surface area (Å²) in [4.78, 5) is 19.1. The number of methoxy groups -OCH3 is 1. The summed E-state index contributed by atoms with van der Waals surface area (Å²) in [5, 5.41) is 0. The first-order valence-electron chi connectivity index (χ1n) is 7.16. The number of aromatic amines is 1. The predicted molar refractivity (Wildman–Crippen MR) is 81.5 cm³/mol. The van der Waals surface area contributed by atoms with Gasteiger partial charge in [0.25, 0.3) is 0 Å². The van der Waals surface area contributed by atoms with Crippen LogP contribution in [0.5, 0.6) is 0 Å². The highest BCUT2D eigenvalue weighted by Gasteiger charge is 2.34. The number of nitrogens with one attached hydrogen (secondary N) is 1. The second kappa shape index (κ2) is 5.33. The molecule has 0 radical (unpaired) electrons. The number of carbonyl (C=O) groups is 1. The van der Waals surface area contributed by atoms with Gasteiger partial charge < -0.3 is 15.5 Å². The lowest BCUT2D eigenvalue weighted by Crippen LogP contribution is -2.34. The van der Waals surface area contributed by atoms with Crippen LogP contribution in [-0.2, 0) is 15.1 Å². The number of fused-ring (bicyclic) bond motifs is 1. The lowest BCUT2D eigenvalue weighted by atomic mass is 9.99. The quantitative estimate of drug-likeness (QED) is 0.670. The summed E-state index contributed by atoms with van der Waals surface area (Å²) in [6.45, 7) is 0. The number of imidazole rings is 1. The van der Waals surface area contributed by atoms with Crippen LogP contribution in [0, 0.1) is 0 Å². The molecular formula is C16H19N3O2. The summed E-state index contributed by atoms with van der Waals surface area (Å²) in [5.41, 5.74) is 8.87. The Morgan fingerprint density at radius 3 is 2.90 bits per heavy atom. The van der Waals surface area contributed by atoms with Gasteiger partial charge in [0.05, 0.1) is 23.7 Å². The average Bonchev–Trinajstić information content (AvgIpc) is 3.11. The summed E-state index contributed by atoms with van der Waals surface area (Å²) >= 11 is 0. The van der Waals surface area contributed by atoms with E-state index in [2.05, 4.69) is 14.7 Å². The molecule has 0 aliphatic heterocycles. The van der Waals surface area contributed by atoms with Gasteiger partial charge in [-0.2, -0.15) is 0 Å². The second-order valence-electron chi connectivity index (χ2n) is 5.58. The van der Waals surface area contributed by atoms with Crippen LogP contribution in [0.2, 0.25) is 0 Å². The molecule has 1 aromatic carbocycles. The van der Waals surface area contributed by atoms with Crippen LogP contribution in [0.25, 0.3) is 17.1 Å². The van der Waals surface area contributed by atoms with E-state index in [1.54, 1.807) is 6.08 Å². The molecule has 1 heterocycles. The van der Waals surface area contributed by atoms with Crippen LogP contribution < -0.4 is 5.73 Å². The molecular weight excluding hydrogens is 266 g/mol. The molecule has 1 aliphatic rings. The van der Waals surface area contributed by atoms with Crippen molar-refractivity contribution in [2.24, 2.45) is 5.73 Å². The molecule has 3 rings (SSSR count). The molecule has 5 heteroatoms. The third kappa shape index (κ3) is 2.69. The Hall–Kier alpha value is -2.14. The van der Waals surface area contributed by atoms with Gasteiger partial charge in [-0.3, -0.25) is 0 Å². The maximum Gasteiger partial charge on any atom is 0.330 e. The molecule has 0 unspecified atom stereocenters. The number of carbonyl (C=O) groups excluding carboxylic acids is 1. The summed E-state index contributed by atoms with van der Waals surface area (Å²) in [6.07, 6.45) is 7.38. The Morgan fingerprint density at radius 1 is 1.43 bits per heavy atom. The fourth-order valence-electron chi connectivity index (χ4n) is 2.84. The molecule has 1 saturated carbocycles. The van der Waals surface area contributed by atoms with Crippen molar-refractivity contribution in [2.75, 3.05) is 7.11 Å². The topological polar surface area (TPSA) is 81.0 Å². The Balaban J connectivity index is 1.92. The van der Waals surface area contributed by atoms with Crippen LogP contribution in [0.3, 0.4) is 0 Å². The van der Waals surface area contributed by atoms with Crippen molar-refractivity contribution in [3.63, 3.8) is 0 Å². The minimum atomic E-state index is -0.368. The Morgan fingerprint density at radius 2 is 2.19 bits per heavy atom. The maximum atomic E-state index is 11.1. The van der Waals surface area contributed by atoms with Gasteiger partial charge in [-0.1, -0.05) is 18.9 Å². The normalized spacial score (nSPS) is 17.6. The molecule has 5 nitrogen and oxygen atoms in total. The lowest BCUT2D eigenvalue weighted by Gasteiger charge is -2.19. The van der Waals surface area contributed by atoms with Crippen molar-refractivity contribution in [3.8, 4) is 0 Å². The Labute approximate surface area is 123 Å². The largest absolute Gasteiger partial charge is 0.466 e. The van der Waals surface area contributed by atoms with E-state index >= 15 is 0 Å². The number of hydrogen-bond donors (Lipinski definition) is 2. The molecule has 1 aromatic heterocycles. The number of nitrogens with zero attached hydrogens (tertiary/aromatic N) is 1. The summed E-state index contributed by atoms with van der Waals surface area (Å²) in [5.74, 6) is 0.497. The molecule has 1 fully saturated rings. The third-order valence-corrected chi connectivity index (χ3v) is 4.09. The van der Waals surface area contributed by atoms with Crippen molar-refractivity contribution in [1.82, 2.24) is 9.97 Å². The number of aromatic nitrogens is 2. The zero-order valence-electron chi connectivity index (χ0n) is 12.1. The number of hydrogen-bond acceptors (Lipinski definition) is 4. The van der Waals surface area contributed by atoms with Gasteiger partial charge in [0.1, 0.15) is 5.82 Å². The van der Waals surface area contributed by atoms with Gasteiger partial charge >= 0.3 is 5.97 Å². The standard InChI is InChI=1S/C16H19N3O2/c1-21-14(20)7-5-11-4-6-12-13(10-11)19-15(18-12)16(17)8-2-3-9-16/h4-7,10H,2-3,8-9,17H2,1H3,(H,18,19)/b7-5+. The van der Waals surface area contributed by atoms with Gasteiger partial charge in [-0.25, -0.2) is 9.78 Å². The monoisotopic (exact) mass is 285 g/mol. The van der Waals surface area contributed by atoms with Crippen LogP contribution in [0.15, 0.2) is 24.3 Å². The van der Waals surface area contributed by atoms with Crippen molar-refractivity contribution in [2.45, 2.75) is 31.2 Å². The number of H-pyrrole nitrogens is 1. The highest BCUT2D eigenvalue weighted by Crippen LogP contribution is 2.35. The SMILES string of the molecule is COC(=O)/C=C/c1ccc2nc(C3(N)CCCC3)[nH]c2c1.